The molecule has 0 amide bonds. The lowest BCUT2D eigenvalue weighted by Crippen LogP contribution is -1.99. The van der Waals surface area contributed by atoms with Crippen molar-refractivity contribution in [3.63, 3.8) is 0 Å². The molecule has 1 aromatic heterocycles. The highest BCUT2D eigenvalue weighted by molar-refractivity contribution is 5.84. The molecule has 16 heavy (non-hydrogen) atoms. The summed E-state index contributed by atoms with van der Waals surface area (Å²) in [5.74, 6) is 0.556. The molecular formula is C11H7N5. The molecule has 5 heteroatoms. The molecule has 0 fully saturated rings. The molecule has 0 spiro atoms. The normalized spacial score (nSPS) is 11.9. The van der Waals surface area contributed by atoms with E-state index < -0.39 is 0 Å². The number of hydrogen-bond donors (Lipinski definition) is 1. The van der Waals surface area contributed by atoms with E-state index >= 15 is 0 Å². The number of nitriles is 1. The minimum Gasteiger partial charge on any atom is -0.345 e. The van der Waals surface area contributed by atoms with E-state index in [9.17, 15) is 0 Å². The SMILES string of the molecule is N#Cc1cnn2c1N=CNc1ccccc1-2. The van der Waals surface area contributed by atoms with Crippen LogP contribution in [-0.4, -0.2) is 16.1 Å². The van der Waals surface area contributed by atoms with Crippen molar-refractivity contribution in [2.75, 3.05) is 5.32 Å². The van der Waals surface area contributed by atoms with Crippen molar-refractivity contribution >= 4 is 17.8 Å². The lowest BCUT2D eigenvalue weighted by atomic mass is 10.2. The van der Waals surface area contributed by atoms with Gasteiger partial charge in [0, 0.05) is 0 Å². The van der Waals surface area contributed by atoms with E-state index in [1.54, 1.807) is 11.0 Å². The first kappa shape index (κ1) is 8.68. The molecule has 0 saturated carbocycles. The Morgan fingerprint density at radius 2 is 2.19 bits per heavy atom. The number of hydrogen-bond acceptors (Lipinski definition) is 4. The number of para-hydroxylation sites is 2. The van der Waals surface area contributed by atoms with Crippen LogP contribution < -0.4 is 5.32 Å². The van der Waals surface area contributed by atoms with Gasteiger partial charge in [-0.2, -0.15) is 10.4 Å². The summed E-state index contributed by atoms with van der Waals surface area (Å²) in [6.45, 7) is 0. The highest BCUT2D eigenvalue weighted by atomic mass is 15.3. The number of fused-ring (bicyclic) bond motifs is 3. The molecule has 2 heterocycles. The van der Waals surface area contributed by atoms with Crippen molar-refractivity contribution in [1.29, 1.82) is 5.26 Å². The first-order chi connectivity index (χ1) is 7.90. The summed E-state index contributed by atoms with van der Waals surface area (Å²) in [5.41, 5.74) is 2.27. The fraction of sp³-hybridized carbons (Fsp3) is 0. The minimum atomic E-state index is 0.467. The fourth-order valence-electron chi connectivity index (χ4n) is 1.66. The Morgan fingerprint density at radius 3 is 3.06 bits per heavy atom. The Morgan fingerprint density at radius 1 is 1.31 bits per heavy atom. The van der Waals surface area contributed by atoms with Crippen LogP contribution in [0.4, 0.5) is 11.5 Å². The van der Waals surface area contributed by atoms with E-state index in [1.165, 1.54) is 6.20 Å². The predicted molar refractivity (Wildman–Crippen MR) is 60.1 cm³/mol. The minimum absolute atomic E-state index is 0.467. The maximum Gasteiger partial charge on any atom is 0.175 e. The quantitative estimate of drug-likeness (QED) is 0.719. The molecule has 0 aliphatic carbocycles. The van der Waals surface area contributed by atoms with Crippen LogP contribution in [0.1, 0.15) is 5.56 Å². The second-order valence-corrected chi connectivity index (χ2v) is 3.33. The Bertz CT molecular complexity index is 618. The molecule has 2 aromatic rings. The van der Waals surface area contributed by atoms with E-state index in [0.717, 1.165) is 11.4 Å². The second-order valence-electron chi connectivity index (χ2n) is 3.33. The van der Waals surface area contributed by atoms with Crippen molar-refractivity contribution in [1.82, 2.24) is 9.78 Å². The molecule has 0 radical (unpaired) electrons. The average Bonchev–Trinajstić information content (AvgIpc) is 2.64. The van der Waals surface area contributed by atoms with Crippen molar-refractivity contribution in [2.45, 2.75) is 0 Å². The van der Waals surface area contributed by atoms with Crippen molar-refractivity contribution in [2.24, 2.45) is 4.99 Å². The molecule has 5 nitrogen and oxygen atoms in total. The maximum atomic E-state index is 8.92. The van der Waals surface area contributed by atoms with Crippen molar-refractivity contribution in [3.05, 3.63) is 36.0 Å². The fourth-order valence-corrected chi connectivity index (χ4v) is 1.66. The summed E-state index contributed by atoms with van der Waals surface area (Å²) in [5, 5.41) is 16.1. The molecule has 1 aliphatic heterocycles. The van der Waals surface area contributed by atoms with Crippen LogP contribution in [0.3, 0.4) is 0 Å². The highest BCUT2D eigenvalue weighted by Crippen LogP contribution is 2.28. The lowest BCUT2D eigenvalue weighted by molar-refractivity contribution is 0.886. The smallest absolute Gasteiger partial charge is 0.175 e. The van der Waals surface area contributed by atoms with Gasteiger partial charge < -0.3 is 5.32 Å². The Balaban J connectivity index is 2.33. The molecule has 76 valence electrons. The number of anilines is 1. The van der Waals surface area contributed by atoms with Crippen LogP contribution in [0, 0.1) is 11.3 Å². The van der Waals surface area contributed by atoms with Crippen molar-refractivity contribution in [3.8, 4) is 11.8 Å². The first-order valence-corrected chi connectivity index (χ1v) is 4.77. The van der Waals surface area contributed by atoms with Gasteiger partial charge in [0.15, 0.2) is 5.82 Å². The monoisotopic (exact) mass is 209 g/mol. The van der Waals surface area contributed by atoms with Crippen LogP contribution in [0.25, 0.3) is 5.69 Å². The predicted octanol–water partition coefficient (Wildman–Crippen LogP) is 1.83. The Kier molecular flexibility index (Phi) is 1.74. The van der Waals surface area contributed by atoms with Crippen LogP contribution in [0.2, 0.25) is 0 Å². The lowest BCUT2D eigenvalue weighted by Gasteiger charge is -2.06. The molecule has 3 rings (SSSR count). The second kappa shape index (κ2) is 3.21. The zero-order valence-electron chi connectivity index (χ0n) is 8.25. The van der Waals surface area contributed by atoms with Gasteiger partial charge in [0.1, 0.15) is 11.6 Å². The van der Waals surface area contributed by atoms with Gasteiger partial charge in [-0.05, 0) is 12.1 Å². The van der Waals surface area contributed by atoms with E-state index in [1.807, 2.05) is 24.3 Å². The summed E-state index contributed by atoms with van der Waals surface area (Å²) >= 11 is 0. The highest BCUT2D eigenvalue weighted by Gasteiger charge is 2.15. The van der Waals surface area contributed by atoms with Gasteiger partial charge in [-0.15, -0.1) is 0 Å². The maximum absolute atomic E-state index is 8.92. The van der Waals surface area contributed by atoms with Crippen molar-refractivity contribution < 1.29 is 0 Å². The third kappa shape index (κ3) is 1.10. The Hall–Kier alpha value is -2.61. The third-order valence-corrected chi connectivity index (χ3v) is 2.40. The van der Waals surface area contributed by atoms with Gasteiger partial charge in [0.25, 0.3) is 0 Å². The number of benzene rings is 1. The van der Waals surface area contributed by atoms with Gasteiger partial charge in [-0.25, -0.2) is 9.67 Å². The average molecular weight is 209 g/mol. The van der Waals surface area contributed by atoms with Gasteiger partial charge in [-0.1, -0.05) is 12.1 Å². The van der Waals surface area contributed by atoms with Gasteiger partial charge in [0.05, 0.1) is 23.9 Å². The molecule has 1 aliphatic rings. The molecule has 1 N–H and O–H groups in total. The largest absolute Gasteiger partial charge is 0.345 e. The Labute approximate surface area is 91.7 Å². The van der Waals surface area contributed by atoms with Crippen LogP contribution >= 0.6 is 0 Å². The molecule has 0 bridgehead atoms. The molecule has 0 saturated heterocycles. The summed E-state index contributed by atoms with van der Waals surface area (Å²) in [4.78, 5) is 4.17. The summed E-state index contributed by atoms with van der Waals surface area (Å²) in [7, 11) is 0. The van der Waals surface area contributed by atoms with E-state index in [4.69, 9.17) is 5.26 Å². The number of aliphatic imine (C=N–C) groups is 1. The van der Waals surface area contributed by atoms with E-state index in [-0.39, 0.29) is 0 Å². The zero-order chi connectivity index (χ0) is 11.0. The number of nitrogens with one attached hydrogen (secondary N) is 1. The summed E-state index contributed by atoms with van der Waals surface area (Å²) < 4.78 is 1.66. The summed E-state index contributed by atoms with van der Waals surface area (Å²) in [6, 6.07) is 9.78. The van der Waals surface area contributed by atoms with E-state index in [0.29, 0.717) is 11.4 Å². The summed E-state index contributed by atoms with van der Waals surface area (Å²) in [6.07, 6.45) is 3.09. The first-order valence-electron chi connectivity index (χ1n) is 4.77. The molecule has 0 unspecified atom stereocenters. The van der Waals surface area contributed by atoms with Gasteiger partial charge in [-0.3, -0.25) is 0 Å². The van der Waals surface area contributed by atoms with Crippen LogP contribution in [0.5, 0.6) is 0 Å². The molecule has 1 aromatic carbocycles. The standard InChI is InChI=1S/C11H7N5/c12-5-8-6-15-16-10-4-2-1-3-9(10)13-7-14-11(8)16/h1-4,6-7H,(H,13,14). The van der Waals surface area contributed by atoms with Gasteiger partial charge >= 0.3 is 0 Å². The topological polar surface area (TPSA) is 66.0 Å². The number of aromatic nitrogens is 2. The number of rotatable bonds is 0. The third-order valence-electron chi connectivity index (χ3n) is 2.40. The van der Waals surface area contributed by atoms with E-state index in [2.05, 4.69) is 21.5 Å². The number of nitrogens with zero attached hydrogens (tertiary/aromatic N) is 4. The molecular weight excluding hydrogens is 202 g/mol. The van der Waals surface area contributed by atoms with Crippen LogP contribution in [0.15, 0.2) is 35.5 Å². The zero-order valence-corrected chi connectivity index (χ0v) is 8.25. The van der Waals surface area contributed by atoms with Gasteiger partial charge in [0.2, 0.25) is 0 Å². The molecule has 0 atom stereocenters. The van der Waals surface area contributed by atoms with Crippen LogP contribution in [-0.2, 0) is 0 Å².